The van der Waals surface area contributed by atoms with Gasteiger partial charge >= 0.3 is 13.3 Å². The van der Waals surface area contributed by atoms with E-state index in [2.05, 4.69) is 15.0 Å². The molecule has 0 radical (unpaired) electrons. The van der Waals surface area contributed by atoms with E-state index in [0.29, 0.717) is 0 Å². The number of rotatable bonds is 1. The van der Waals surface area contributed by atoms with Gasteiger partial charge in [-0.1, -0.05) is 0 Å². The lowest BCUT2D eigenvalue weighted by molar-refractivity contribution is 0.385. The van der Waals surface area contributed by atoms with Crippen LogP contribution in [0.25, 0.3) is 11.2 Å². The first-order chi connectivity index (χ1) is 6.88. The highest BCUT2D eigenvalue weighted by atomic mass is 31.2. The molecular formula is C5H5N4O5P. The molecule has 2 rings (SSSR count). The smallest absolute Gasteiger partial charge is 0.326 e. The van der Waals surface area contributed by atoms with Gasteiger partial charge in [-0.3, -0.25) is 19.3 Å². The molecule has 0 saturated carbocycles. The van der Waals surface area contributed by atoms with E-state index in [1.165, 1.54) is 0 Å². The number of aromatic nitrogens is 4. The molecule has 0 amide bonds. The van der Waals surface area contributed by atoms with Gasteiger partial charge in [0.05, 0.1) is 0 Å². The Hall–Kier alpha value is -1.70. The molecule has 0 aliphatic heterocycles. The third-order valence-electron chi connectivity index (χ3n) is 1.65. The molecule has 80 valence electrons. The molecular weight excluding hydrogens is 227 g/mol. The third-order valence-corrected chi connectivity index (χ3v) is 2.42. The molecule has 0 aromatic carbocycles. The first-order valence-electron chi connectivity index (χ1n) is 3.66. The van der Waals surface area contributed by atoms with Crippen molar-refractivity contribution in [3.63, 3.8) is 0 Å². The second-order valence-corrected chi connectivity index (χ2v) is 4.25. The maximum atomic E-state index is 11.1. The van der Waals surface area contributed by atoms with Crippen molar-refractivity contribution in [1.82, 2.24) is 19.9 Å². The van der Waals surface area contributed by atoms with Gasteiger partial charge in [0, 0.05) is 0 Å². The van der Waals surface area contributed by atoms with Crippen molar-refractivity contribution in [2.24, 2.45) is 0 Å². The van der Waals surface area contributed by atoms with Crippen LogP contribution in [0.5, 0.6) is 0 Å². The van der Waals surface area contributed by atoms with E-state index in [4.69, 9.17) is 9.79 Å². The summed E-state index contributed by atoms with van der Waals surface area (Å²) in [5.41, 5.74) is -2.63. The fourth-order valence-electron chi connectivity index (χ4n) is 1.06. The maximum Gasteiger partial charge on any atom is 0.391 e. The molecule has 0 spiro atoms. The number of hydrogen-bond acceptors (Lipinski definition) is 4. The van der Waals surface area contributed by atoms with Crippen LogP contribution in [0, 0.1) is 0 Å². The van der Waals surface area contributed by atoms with Crippen LogP contribution in [0.4, 0.5) is 0 Å². The van der Waals surface area contributed by atoms with Crippen molar-refractivity contribution in [1.29, 1.82) is 0 Å². The van der Waals surface area contributed by atoms with E-state index in [1.54, 1.807) is 0 Å². The number of nitrogens with one attached hydrogen (secondary N) is 3. The zero-order valence-electron chi connectivity index (χ0n) is 7.01. The van der Waals surface area contributed by atoms with Gasteiger partial charge < -0.3 is 14.8 Å². The molecule has 0 aliphatic rings. The van der Waals surface area contributed by atoms with E-state index in [9.17, 15) is 14.2 Å². The lowest BCUT2D eigenvalue weighted by atomic mass is 10.5. The summed E-state index contributed by atoms with van der Waals surface area (Å²) in [5.74, 6) is 0. The van der Waals surface area contributed by atoms with Crippen molar-refractivity contribution in [2.75, 3.05) is 0 Å². The van der Waals surface area contributed by atoms with Crippen molar-refractivity contribution < 1.29 is 14.4 Å². The Morgan fingerprint density at radius 1 is 1.13 bits per heavy atom. The number of hydrogen-bond donors (Lipinski definition) is 5. The molecule has 15 heavy (non-hydrogen) atoms. The van der Waals surface area contributed by atoms with Crippen LogP contribution >= 0.6 is 7.60 Å². The zero-order chi connectivity index (χ0) is 11.2. The van der Waals surface area contributed by atoms with Crippen LogP contribution in [-0.4, -0.2) is 29.7 Å². The summed E-state index contributed by atoms with van der Waals surface area (Å²) in [6.45, 7) is 0. The van der Waals surface area contributed by atoms with Crippen LogP contribution < -0.4 is 16.8 Å². The first kappa shape index (κ1) is 9.84. The molecule has 0 saturated heterocycles. The fraction of sp³-hybridized carbons (Fsp3) is 0. The third kappa shape index (κ3) is 1.63. The second kappa shape index (κ2) is 2.89. The summed E-state index contributed by atoms with van der Waals surface area (Å²) >= 11 is 0. The largest absolute Gasteiger partial charge is 0.391 e. The highest BCUT2D eigenvalue weighted by Gasteiger charge is 2.23. The van der Waals surface area contributed by atoms with Gasteiger partial charge in [-0.05, 0) is 0 Å². The molecule has 5 N–H and O–H groups in total. The molecule has 0 unspecified atom stereocenters. The highest BCUT2D eigenvalue weighted by Crippen LogP contribution is 2.31. The molecule has 0 aliphatic carbocycles. The van der Waals surface area contributed by atoms with Gasteiger partial charge in [0.25, 0.3) is 5.56 Å². The Kier molecular flexibility index (Phi) is 1.90. The minimum atomic E-state index is -4.57. The number of nitrogens with zero attached hydrogens (tertiary/aromatic N) is 1. The van der Waals surface area contributed by atoms with Crippen LogP contribution in [0.15, 0.2) is 9.59 Å². The number of imidazole rings is 1. The van der Waals surface area contributed by atoms with Crippen LogP contribution in [-0.2, 0) is 4.57 Å². The summed E-state index contributed by atoms with van der Waals surface area (Å²) in [6.07, 6.45) is 0. The van der Waals surface area contributed by atoms with Gasteiger partial charge in [-0.25, -0.2) is 9.78 Å². The topological polar surface area (TPSA) is 152 Å². The monoisotopic (exact) mass is 232 g/mol. The van der Waals surface area contributed by atoms with E-state index in [-0.39, 0.29) is 11.2 Å². The Morgan fingerprint density at radius 2 is 1.80 bits per heavy atom. The quantitative estimate of drug-likeness (QED) is 0.350. The van der Waals surface area contributed by atoms with Crippen molar-refractivity contribution in [2.45, 2.75) is 0 Å². The maximum absolute atomic E-state index is 11.1. The van der Waals surface area contributed by atoms with Crippen molar-refractivity contribution in [3.05, 3.63) is 20.8 Å². The Bertz CT molecular complexity index is 675. The highest BCUT2D eigenvalue weighted by molar-refractivity contribution is 7.59. The average Bonchev–Trinajstić information content (AvgIpc) is 2.46. The molecule has 0 atom stereocenters. The molecule has 2 heterocycles. The lowest BCUT2D eigenvalue weighted by Crippen LogP contribution is -2.21. The van der Waals surface area contributed by atoms with Crippen molar-refractivity contribution >= 4 is 24.3 Å². The SMILES string of the molecule is O=c1[nH]c(=O)c2[nH]c(P(=O)(O)O)nc2[nH]1. The van der Waals surface area contributed by atoms with E-state index >= 15 is 0 Å². The number of aromatic amines is 3. The van der Waals surface area contributed by atoms with Gasteiger partial charge in [0.1, 0.15) is 5.52 Å². The standard InChI is InChI=1S/C5H5N4O5P/c10-3-1-2(7-4(11)9-3)8-5(6-1)15(12,13)14/h(H2,12,13,14)(H3,6,7,8,9,10,11). The van der Waals surface area contributed by atoms with Gasteiger partial charge in [-0.2, -0.15) is 0 Å². The Labute approximate surface area is 80.4 Å². The Morgan fingerprint density at radius 3 is 2.40 bits per heavy atom. The minimum Gasteiger partial charge on any atom is -0.326 e. The molecule has 0 fully saturated rings. The number of H-pyrrole nitrogens is 3. The molecule has 10 heteroatoms. The van der Waals surface area contributed by atoms with Crippen LogP contribution in [0.2, 0.25) is 0 Å². The van der Waals surface area contributed by atoms with E-state index < -0.39 is 24.4 Å². The predicted octanol–water partition coefficient (Wildman–Crippen LogP) is -2.26. The molecule has 2 aromatic heterocycles. The summed E-state index contributed by atoms with van der Waals surface area (Å²) < 4.78 is 10.8. The second-order valence-electron chi connectivity index (χ2n) is 2.74. The summed E-state index contributed by atoms with van der Waals surface area (Å²) in [7, 11) is -4.57. The van der Waals surface area contributed by atoms with E-state index in [1.807, 2.05) is 4.98 Å². The van der Waals surface area contributed by atoms with Gasteiger partial charge in [-0.15, -0.1) is 0 Å². The van der Waals surface area contributed by atoms with Crippen LogP contribution in [0.3, 0.4) is 0 Å². The van der Waals surface area contributed by atoms with Gasteiger partial charge in [0.2, 0.25) is 5.57 Å². The summed E-state index contributed by atoms with van der Waals surface area (Å²) in [4.78, 5) is 49.0. The first-order valence-corrected chi connectivity index (χ1v) is 5.27. The van der Waals surface area contributed by atoms with Crippen LogP contribution in [0.1, 0.15) is 0 Å². The normalized spacial score (nSPS) is 12.1. The predicted molar refractivity (Wildman–Crippen MR) is 49.0 cm³/mol. The zero-order valence-corrected chi connectivity index (χ0v) is 7.91. The number of fused-ring (bicyclic) bond motifs is 1. The summed E-state index contributed by atoms with van der Waals surface area (Å²) in [5, 5.41) is 0. The Balaban J connectivity index is 2.89. The van der Waals surface area contributed by atoms with Gasteiger partial charge in [0.15, 0.2) is 5.65 Å². The molecule has 9 nitrogen and oxygen atoms in total. The molecule has 2 aromatic rings. The summed E-state index contributed by atoms with van der Waals surface area (Å²) in [6, 6.07) is 0. The minimum absolute atomic E-state index is 0.187. The molecule has 0 bridgehead atoms. The fourth-order valence-corrected chi connectivity index (χ4v) is 1.55. The lowest BCUT2D eigenvalue weighted by Gasteiger charge is -1.95. The average molecular weight is 232 g/mol. The van der Waals surface area contributed by atoms with Crippen molar-refractivity contribution in [3.8, 4) is 0 Å². The van der Waals surface area contributed by atoms with E-state index in [0.717, 1.165) is 0 Å².